The lowest BCUT2D eigenvalue weighted by Crippen LogP contribution is -2.41. The van der Waals surface area contributed by atoms with Crippen LogP contribution in [0.25, 0.3) is 0 Å². The van der Waals surface area contributed by atoms with Gasteiger partial charge in [-0.2, -0.15) is 0 Å². The number of aromatic nitrogens is 3. The molecule has 0 radical (unpaired) electrons. The lowest BCUT2D eigenvalue weighted by molar-refractivity contribution is -0.125. The largest absolute Gasteiger partial charge is 0.381 e. The van der Waals surface area contributed by atoms with E-state index in [0.717, 1.165) is 145 Å². The van der Waals surface area contributed by atoms with Crippen LogP contribution in [0.5, 0.6) is 0 Å². The molecular formula is C105H179FN8O7. The first-order chi connectivity index (χ1) is 57.6. The molecule has 0 bridgehead atoms. The van der Waals surface area contributed by atoms with Crippen LogP contribution < -0.4 is 5.32 Å². The Kier molecular flexibility index (Phi) is 65.5. The van der Waals surface area contributed by atoms with Gasteiger partial charge in [0.1, 0.15) is 17.7 Å². The number of allylic oxidation sites excluding steroid dienone is 2. The van der Waals surface area contributed by atoms with Crippen molar-refractivity contribution in [2.24, 2.45) is 58.7 Å². The number of likely N-dealkylation sites (tertiary alicyclic amines) is 3. The van der Waals surface area contributed by atoms with Crippen LogP contribution in [-0.2, 0) is 28.7 Å². The lowest BCUT2D eigenvalue weighted by Gasteiger charge is -2.36. The van der Waals surface area contributed by atoms with Crippen LogP contribution in [0, 0.1) is 79.4 Å². The summed E-state index contributed by atoms with van der Waals surface area (Å²) in [6, 6.07) is 23.5. The molecule has 5 saturated heterocycles. The van der Waals surface area contributed by atoms with E-state index in [1.807, 2.05) is 90.2 Å². The van der Waals surface area contributed by atoms with Crippen molar-refractivity contribution in [3.63, 3.8) is 0 Å². The van der Waals surface area contributed by atoms with Gasteiger partial charge in [0.25, 0.3) is 0 Å². The molecule has 9 atom stereocenters. The second-order valence-electron chi connectivity index (χ2n) is 37.7. The number of piperidine rings is 3. The number of nitrogens with zero attached hydrogens (tertiary/aromatic N) is 7. The first-order valence-corrected chi connectivity index (χ1v) is 47.5. The highest BCUT2D eigenvalue weighted by molar-refractivity contribution is 5.93. The number of amides is 1. The first-order valence-electron chi connectivity index (χ1n) is 47.5. The van der Waals surface area contributed by atoms with Crippen LogP contribution >= 0.6 is 0 Å². The van der Waals surface area contributed by atoms with Gasteiger partial charge in [-0.05, 0) is 305 Å². The van der Waals surface area contributed by atoms with Gasteiger partial charge in [-0.1, -0.05) is 193 Å². The quantitative estimate of drug-likeness (QED) is 0.192. The minimum Gasteiger partial charge on any atom is -0.381 e. The third-order valence-corrected chi connectivity index (χ3v) is 24.9. The van der Waals surface area contributed by atoms with Gasteiger partial charge < -0.3 is 34.4 Å². The van der Waals surface area contributed by atoms with Crippen molar-refractivity contribution in [1.82, 2.24) is 39.9 Å². The first kappa shape index (κ1) is 113. The highest BCUT2D eigenvalue weighted by atomic mass is 19.1. The Balaban J connectivity index is 0.000000649. The molecule has 5 aliphatic carbocycles. The molecule has 688 valence electrons. The summed E-state index contributed by atoms with van der Waals surface area (Å²) in [4.78, 5) is 74.1. The van der Waals surface area contributed by atoms with Crippen LogP contribution in [0.2, 0.25) is 0 Å². The Morgan fingerprint density at radius 1 is 0.529 bits per heavy atom. The number of carbonyl (C=O) groups is 5. The average molecular weight is 1680 g/mol. The van der Waals surface area contributed by atoms with Crippen molar-refractivity contribution in [3.8, 4) is 0 Å². The number of nitrogens with one attached hydrogen (secondary N) is 1. The topological polar surface area (TPSA) is 167 Å². The summed E-state index contributed by atoms with van der Waals surface area (Å²) >= 11 is 0. The normalized spacial score (nSPS) is 24.5. The van der Waals surface area contributed by atoms with Gasteiger partial charge in [0.2, 0.25) is 5.91 Å². The average Bonchev–Trinajstić information content (AvgIpc) is 1.20. The van der Waals surface area contributed by atoms with Crippen molar-refractivity contribution >= 4 is 29.0 Å². The molecule has 1 amide bonds. The van der Waals surface area contributed by atoms with Gasteiger partial charge in [-0.25, -0.2) is 4.39 Å². The Bertz CT molecular complexity index is 3140. The molecule has 4 saturated carbocycles. The summed E-state index contributed by atoms with van der Waals surface area (Å²) in [5, 5.41) is 3.33. The summed E-state index contributed by atoms with van der Waals surface area (Å²) in [6.07, 6.45) is 47.7. The molecule has 4 aromatic rings. The summed E-state index contributed by atoms with van der Waals surface area (Å²) < 4.78 is 23.0. The van der Waals surface area contributed by atoms with E-state index < -0.39 is 6.17 Å². The number of pyridine rings is 3. The van der Waals surface area contributed by atoms with Crippen LogP contribution in [0.3, 0.4) is 0 Å². The number of hydrogen-bond acceptors (Lipinski definition) is 14. The molecule has 121 heavy (non-hydrogen) atoms. The zero-order valence-electron chi connectivity index (χ0n) is 81.2. The van der Waals surface area contributed by atoms with Gasteiger partial charge >= 0.3 is 0 Å². The van der Waals surface area contributed by atoms with E-state index in [1.165, 1.54) is 191 Å². The number of hydrogen-bond donors (Lipinski definition) is 1. The van der Waals surface area contributed by atoms with E-state index >= 15 is 0 Å². The number of methoxy groups -OCH3 is 1. The van der Waals surface area contributed by atoms with Crippen molar-refractivity contribution in [3.05, 3.63) is 149 Å². The Hall–Kier alpha value is -6.01. The third-order valence-electron chi connectivity index (χ3n) is 24.9. The number of aryl methyl sites for hydroxylation is 3. The standard InChI is InChI=1S/C9H18.C8H17NO.C8H17N.C7H13F.C7H11NO.C7H7NO.C7H12O2.C7H12O.C7H10O.C7H14.C7H8.C6H13N.C6H7N.C6H13N.C6H7N/c1-8-6-4-5-7-9(8,2)3;1-7-4-5-9(2)6-8(7)10-3;1-3-9-6-4-5-8(2)7-9;1-6-4-2-3-5-7(6)8;1-6-3-4-8(2)7(9)5-6;1-6(9)7-2-4-8-5-3-7;1-6(8)7-2-4-9-5-3-7;2*1-6-3-2-4-7(8)5-6;2*1-7-5-3-2-4-6-7;1-6-3-4-7(2)5-6;1-6-2-4-7-5-3-6;1-6-3-2-4-7-5-6;1-6-4-2-3-5-7-6/h8H,4-7H2,1-3H3;7-8H,4-6H2,1-3H3;8H,3-7H2,1-2H3;6-7H,2-5H2,1H3;5H,3-4H2,1-2H3;2-5H,1H3;7H,2-5H2,1H3;6H,2-5H2,1H3;5H,2-4H2,1H3;7H,2-6H2,1H3;2-6H,1H3;6H,3-5H2,1-2H3;2-5H,1H3;6-7H,2-5H2,1H3;2-5H,1H3. The van der Waals surface area contributed by atoms with Gasteiger partial charge in [0, 0.05) is 127 Å². The van der Waals surface area contributed by atoms with Crippen molar-refractivity contribution in [2.75, 3.05) is 107 Å². The zero-order chi connectivity index (χ0) is 90.2. The van der Waals surface area contributed by atoms with Crippen LogP contribution in [0.15, 0.2) is 127 Å². The number of benzene rings is 1. The number of carbonyl (C=O) groups excluding carboxylic acids is 5. The van der Waals surface area contributed by atoms with E-state index in [2.05, 4.69) is 137 Å². The smallest absolute Gasteiger partial charge is 0.246 e. The van der Waals surface area contributed by atoms with Gasteiger partial charge in [0.15, 0.2) is 11.6 Å². The molecule has 9 fully saturated rings. The Labute approximate surface area is 740 Å². The van der Waals surface area contributed by atoms with Crippen molar-refractivity contribution < 1.29 is 37.8 Å². The molecule has 1 aromatic carbocycles. The number of halogens is 1. The zero-order valence-corrected chi connectivity index (χ0v) is 81.2. The Morgan fingerprint density at radius 3 is 1.44 bits per heavy atom. The predicted molar refractivity (Wildman–Crippen MR) is 510 cm³/mol. The summed E-state index contributed by atoms with van der Waals surface area (Å²) in [7, 11) is 7.97. The molecule has 9 unspecified atom stereocenters. The van der Waals surface area contributed by atoms with Gasteiger partial charge in [0.05, 0.1) is 6.10 Å². The fourth-order valence-corrected chi connectivity index (χ4v) is 15.6. The maximum atomic E-state index is 12.6. The van der Waals surface area contributed by atoms with Gasteiger partial charge in [-0.3, -0.25) is 38.9 Å². The molecule has 15 rings (SSSR count). The molecule has 15 nitrogen and oxygen atoms in total. The van der Waals surface area contributed by atoms with E-state index in [4.69, 9.17) is 9.47 Å². The molecule has 1 N–H and O–H groups in total. The maximum absolute atomic E-state index is 12.6. The minimum absolute atomic E-state index is 0.0809. The fourth-order valence-electron chi connectivity index (χ4n) is 15.6. The monoisotopic (exact) mass is 1680 g/mol. The van der Waals surface area contributed by atoms with Crippen molar-refractivity contribution in [2.45, 2.75) is 323 Å². The third kappa shape index (κ3) is 61.9. The number of alkyl halides is 1. The molecule has 0 spiro atoms. The maximum Gasteiger partial charge on any atom is 0.246 e. The second kappa shape index (κ2) is 70.2. The fraction of sp³-hybridized carbons (Fsp3) is 0.714. The molecular weight excluding hydrogens is 1500 g/mol. The van der Waals surface area contributed by atoms with E-state index in [-0.39, 0.29) is 11.7 Å². The summed E-state index contributed by atoms with van der Waals surface area (Å²) in [5.74, 6) is 8.13. The molecule has 11 aliphatic rings. The molecule has 6 aliphatic heterocycles. The van der Waals surface area contributed by atoms with E-state index in [1.54, 1.807) is 74.2 Å². The van der Waals surface area contributed by atoms with Crippen LogP contribution in [0.4, 0.5) is 4.39 Å². The highest BCUT2D eigenvalue weighted by Gasteiger charge is 2.29. The molecule has 9 heterocycles. The van der Waals surface area contributed by atoms with Crippen LogP contribution in [-0.4, -0.2) is 183 Å². The number of likely N-dealkylation sites (N-methyl/N-ethyl adjacent to an activating group) is 2. The van der Waals surface area contributed by atoms with Crippen molar-refractivity contribution in [1.29, 1.82) is 0 Å². The second-order valence-corrected chi connectivity index (χ2v) is 37.7. The van der Waals surface area contributed by atoms with E-state index in [0.29, 0.717) is 52.2 Å². The lowest BCUT2D eigenvalue weighted by atomic mass is 9.70. The van der Waals surface area contributed by atoms with Crippen LogP contribution in [0.1, 0.15) is 317 Å². The minimum atomic E-state index is -0.497. The Morgan fingerprint density at radius 2 is 1.10 bits per heavy atom. The molecule has 3 aromatic heterocycles. The summed E-state index contributed by atoms with van der Waals surface area (Å²) in [6.45, 7) is 52.2. The predicted octanol–water partition coefficient (Wildman–Crippen LogP) is 24.3. The molecule has 16 heteroatoms. The number of ketones is 4. The number of rotatable bonds is 4. The number of ether oxygens (including phenoxy) is 2. The highest BCUT2D eigenvalue weighted by Crippen LogP contribution is 2.40. The van der Waals surface area contributed by atoms with Gasteiger partial charge in [-0.15, -0.1) is 0 Å². The van der Waals surface area contributed by atoms with E-state index in [9.17, 15) is 28.4 Å². The summed E-state index contributed by atoms with van der Waals surface area (Å²) in [5.41, 5.74) is 7.43. The number of Topliss-reactive ketones (excluding diaryl/α,β-unsaturated/α-hetero) is 3. The SMILES string of the molecule is CC(=O)C1CCOCC1.CC(=O)c1ccncc1.CC1=CC(=O)CCC1.CC1=CC(=O)N(C)CC1.CC1CCCC(=O)C1.CC1CCCCC1.CC1CCCCC1(C)C.CC1CCCCC1F.CC1CCCNC1.CC1CCN(C)C1.CCN1CCCC(C)C1.COC1CN(C)CCC1C.Cc1ccccc1.Cc1ccccn1.Cc1ccncc1.